The molecule has 0 aromatic heterocycles. The van der Waals surface area contributed by atoms with Crippen LogP contribution in [0.4, 0.5) is 0 Å². The smallest absolute Gasteiger partial charge is 0.0623 e. The van der Waals surface area contributed by atoms with Crippen LogP contribution in [0.5, 0.6) is 0 Å². The third-order valence-corrected chi connectivity index (χ3v) is 4.86. The fourth-order valence-electron chi connectivity index (χ4n) is 3.60. The van der Waals surface area contributed by atoms with E-state index in [-0.39, 0.29) is 12.0 Å². The highest BCUT2D eigenvalue weighted by molar-refractivity contribution is 5.30. The number of aliphatic hydroxyl groups is 1. The number of hydrogen-bond donors (Lipinski definition) is 2. The molecule has 2 nitrogen and oxygen atoms in total. The van der Waals surface area contributed by atoms with Gasteiger partial charge in [-0.3, -0.25) is 0 Å². The van der Waals surface area contributed by atoms with Crippen LogP contribution in [0.2, 0.25) is 0 Å². The molecule has 2 atom stereocenters. The minimum absolute atomic E-state index is 0.0828. The molecule has 0 spiro atoms. The zero-order chi connectivity index (χ0) is 14.4. The van der Waals surface area contributed by atoms with Gasteiger partial charge in [0, 0.05) is 12.5 Å². The Bertz CT molecular complexity index is 396. The van der Waals surface area contributed by atoms with Crippen LogP contribution in [0.25, 0.3) is 0 Å². The van der Waals surface area contributed by atoms with Gasteiger partial charge in [-0.15, -0.1) is 0 Å². The van der Waals surface area contributed by atoms with Gasteiger partial charge in [0.15, 0.2) is 0 Å². The molecule has 20 heavy (non-hydrogen) atoms. The first-order valence-corrected chi connectivity index (χ1v) is 8.16. The van der Waals surface area contributed by atoms with Crippen molar-refractivity contribution in [2.24, 2.45) is 11.7 Å². The maximum atomic E-state index is 10.7. The molecule has 2 rings (SSSR count). The Morgan fingerprint density at radius 2 is 1.80 bits per heavy atom. The summed E-state index contributed by atoms with van der Waals surface area (Å²) in [4.78, 5) is 0. The molecule has 0 amide bonds. The SMILES string of the molecule is Cc1ccccc1C(CN)C(O)CC1CCCCCC1. The molecule has 1 aliphatic carbocycles. The highest BCUT2D eigenvalue weighted by Crippen LogP contribution is 2.31. The molecule has 1 aromatic carbocycles. The topological polar surface area (TPSA) is 46.2 Å². The van der Waals surface area contributed by atoms with Crippen molar-refractivity contribution < 1.29 is 5.11 Å². The van der Waals surface area contributed by atoms with Crippen LogP contribution in [0.1, 0.15) is 62.0 Å². The Kier molecular flexibility index (Phi) is 6.06. The number of nitrogens with two attached hydrogens (primary N) is 1. The van der Waals surface area contributed by atoms with Gasteiger partial charge in [-0.1, -0.05) is 62.8 Å². The van der Waals surface area contributed by atoms with Crippen molar-refractivity contribution in [3.05, 3.63) is 35.4 Å². The molecular formula is C18H29NO. The maximum absolute atomic E-state index is 10.7. The van der Waals surface area contributed by atoms with Gasteiger partial charge in [-0.25, -0.2) is 0 Å². The lowest BCUT2D eigenvalue weighted by Gasteiger charge is -2.26. The molecule has 0 saturated heterocycles. The molecule has 2 unspecified atom stereocenters. The highest BCUT2D eigenvalue weighted by Gasteiger charge is 2.24. The second-order valence-corrected chi connectivity index (χ2v) is 6.36. The Morgan fingerprint density at radius 1 is 1.15 bits per heavy atom. The van der Waals surface area contributed by atoms with Gasteiger partial charge in [0.2, 0.25) is 0 Å². The van der Waals surface area contributed by atoms with E-state index in [0.29, 0.717) is 12.5 Å². The standard InChI is InChI=1S/C18H29NO/c1-14-8-6-7-11-16(14)17(13-19)18(20)12-15-9-4-2-3-5-10-15/h6-8,11,15,17-18,20H,2-5,9-10,12-13,19H2,1H3. The van der Waals surface area contributed by atoms with Gasteiger partial charge in [0.05, 0.1) is 6.10 Å². The summed E-state index contributed by atoms with van der Waals surface area (Å²) in [5.41, 5.74) is 8.41. The van der Waals surface area contributed by atoms with E-state index in [4.69, 9.17) is 5.73 Å². The van der Waals surface area contributed by atoms with Gasteiger partial charge in [0.1, 0.15) is 0 Å². The van der Waals surface area contributed by atoms with Gasteiger partial charge >= 0.3 is 0 Å². The molecule has 2 heteroatoms. The van der Waals surface area contributed by atoms with Crippen molar-refractivity contribution in [1.29, 1.82) is 0 Å². The van der Waals surface area contributed by atoms with E-state index in [1.165, 1.54) is 49.7 Å². The summed E-state index contributed by atoms with van der Waals surface area (Å²) < 4.78 is 0. The second-order valence-electron chi connectivity index (χ2n) is 6.36. The van der Waals surface area contributed by atoms with E-state index in [1.807, 2.05) is 12.1 Å². The summed E-state index contributed by atoms with van der Waals surface area (Å²) in [6.07, 6.45) is 8.56. The van der Waals surface area contributed by atoms with E-state index < -0.39 is 0 Å². The first-order chi connectivity index (χ1) is 9.72. The van der Waals surface area contributed by atoms with Crippen molar-refractivity contribution in [3.8, 4) is 0 Å². The van der Waals surface area contributed by atoms with E-state index in [2.05, 4.69) is 19.1 Å². The number of hydrogen-bond acceptors (Lipinski definition) is 2. The molecule has 1 aliphatic rings. The van der Waals surface area contributed by atoms with E-state index in [9.17, 15) is 5.11 Å². The van der Waals surface area contributed by atoms with Crippen LogP contribution in [0.15, 0.2) is 24.3 Å². The zero-order valence-corrected chi connectivity index (χ0v) is 12.7. The van der Waals surface area contributed by atoms with Crippen LogP contribution >= 0.6 is 0 Å². The minimum Gasteiger partial charge on any atom is -0.392 e. The molecule has 0 radical (unpaired) electrons. The lowest BCUT2D eigenvalue weighted by Crippen LogP contribution is -2.28. The summed E-state index contributed by atoms with van der Waals surface area (Å²) in [6, 6.07) is 8.31. The Morgan fingerprint density at radius 3 is 2.40 bits per heavy atom. The largest absolute Gasteiger partial charge is 0.392 e. The highest BCUT2D eigenvalue weighted by atomic mass is 16.3. The van der Waals surface area contributed by atoms with Crippen molar-refractivity contribution in [2.45, 2.75) is 63.9 Å². The predicted octanol–water partition coefficient (Wildman–Crippen LogP) is 3.76. The summed E-state index contributed by atoms with van der Waals surface area (Å²) in [5.74, 6) is 0.769. The average molecular weight is 275 g/mol. The van der Waals surface area contributed by atoms with E-state index in [1.54, 1.807) is 0 Å². The summed E-state index contributed by atoms with van der Waals surface area (Å²) in [7, 11) is 0. The first kappa shape index (κ1) is 15.5. The van der Waals surface area contributed by atoms with Crippen LogP contribution in [-0.4, -0.2) is 17.8 Å². The molecule has 0 heterocycles. The van der Waals surface area contributed by atoms with Crippen LogP contribution in [-0.2, 0) is 0 Å². The Labute approximate surface area is 123 Å². The lowest BCUT2D eigenvalue weighted by molar-refractivity contribution is 0.111. The quantitative estimate of drug-likeness (QED) is 0.804. The number of aliphatic hydroxyl groups excluding tert-OH is 1. The van der Waals surface area contributed by atoms with E-state index in [0.717, 1.165) is 6.42 Å². The number of rotatable bonds is 5. The fraction of sp³-hybridized carbons (Fsp3) is 0.667. The van der Waals surface area contributed by atoms with Crippen molar-refractivity contribution in [2.75, 3.05) is 6.54 Å². The van der Waals surface area contributed by atoms with Crippen LogP contribution < -0.4 is 5.73 Å². The van der Waals surface area contributed by atoms with Crippen LogP contribution in [0, 0.1) is 12.8 Å². The van der Waals surface area contributed by atoms with Gasteiger partial charge in [-0.2, -0.15) is 0 Å². The normalized spacial score (nSPS) is 20.4. The van der Waals surface area contributed by atoms with Crippen LogP contribution in [0.3, 0.4) is 0 Å². The van der Waals surface area contributed by atoms with E-state index >= 15 is 0 Å². The molecule has 1 aromatic rings. The van der Waals surface area contributed by atoms with Crippen molar-refractivity contribution in [1.82, 2.24) is 0 Å². The van der Waals surface area contributed by atoms with Crippen molar-refractivity contribution >= 4 is 0 Å². The monoisotopic (exact) mass is 275 g/mol. The first-order valence-electron chi connectivity index (χ1n) is 8.16. The van der Waals surface area contributed by atoms with Gasteiger partial charge < -0.3 is 10.8 Å². The zero-order valence-electron chi connectivity index (χ0n) is 12.7. The second kappa shape index (κ2) is 7.80. The lowest BCUT2D eigenvalue weighted by atomic mass is 9.83. The van der Waals surface area contributed by atoms with Crippen molar-refractivity contribution in [3.63, 3.8) is 0 Å². The maximum Gasteiger partial charge on any atom is 0.0623 e. The Hall–Kier alpha value is -0.860. The third kappa shape index (κ3) is 4.07. The summed E-state index contributed by atoms with van der Waals surface area (Å²) >= 11 is 0. The molecule has 0 bridgehead atoms. The fourth-order valence-corrected chi connectivity index (χ4v) is 3.60. The number of aryl methyl sites for hydroxylation is 1. The van der Waals surface area contributed by atoms with Gasteiger partial charge in [-0.05, 0) is 30.4 Å². The van der Waals surface area contributed by atoms with Gasteiger partial charge in [0.25, 0.3) is 0 Å². The molecule has 112 valence electrons. The predicted molar refractivity (Wildman–Crippen MR) is 84.8 cm³/mol. The molecule has 3 N–H and O–H groups in total. The minimum atomic E-state index is -0.302. The molecule has 0 aliphatic heterocycles. The summed E-state index contributed by atoms with van der Waals surface area (Å²) in [5, 5.41) is 10.7. The molecule has 1 fully saturated rings. The Balaban J connectivity index is 2.01. The summed E-state index contributed by atoms with van der Waals surface area (Å²) in [6.45, 7) is 2.63. The number of benzene rings is 1. The molecular weight excluding hydrogens is 246 g/mol. The third-order valence-electron chi connectivity index (χ3n) is 4.86. The molecule has 1 saturated carbocycles. The average Bonchev–Trinajstić information content (AvgIpc) is 2.70.